The van der Waals surface area contributed by atoms with Crippen LogP contribution >= 0.6 is 11.6 Å². The zero-order valence-electron chi connectivity index (χ0n) is 9.33. The maximum Gasteiger partial charge on any atom is 0.232 e. The molecule has 3 N–H and O–H groups in total. The second-order valence-electron chi connectivity index (χ2n) is 3.34. The molecule has 0 saturated carbocycles. The minimum absolute atomic E-state index is 0.0345. The quantitative estimate of drug-likeness (QED) is 0.817. The average Bonchev–Trinajstić information content (AvgIpc) is 2.29. The summed E-state index contributed by atoms with van der Waals surface area (Å²) < 4.78 is 25.3. The van der Waals surface area contributed by atoms with Crippen molar-refractivity contribution in [2.75, 3.05) is 10.5 Å². The van der Waals surface area contributed by atoms with Crippen molar-refractivity contribution in [1.29, 1.82) is 0 Å². The van der Waals surface area contributed by atoms with Crippen molar-refractivity contribution in [3.8, 4) is 12.3 Å². The molecule has 0 radical (unpaired) electrons. The molecule has 1 aromatic carbocycles. The second-order valence-corrected chi connectivity index (χ2v) is 5.76. The van der Waals surface area contributed by atoms with Crippen LogP contribution < -0.4 is 10.5 Å². The number of hydrogen-bond donors (Lipinski definition) is 2. The highest BCUT2D eigenvalue weighted by molar-refractivity contribution is 7.92. The van der Waals surface area contributed by atoms with Gasteiger partial charge in [0.2, 0.25) is 10.0 Å². The van der Waals surface area contributed by atoms with Gasteiger partial charge in [-0.1, -0.05) is 17.5 Å². The predicted molar refractivity (Wildman–Crippen MR) is 70.4 cm³/mol. The molecule has 0 saturated heterocycles. The molecule has 0 aliphatic heterocycles. The number of sulfonamides is 1. The average molecular weight is 273 g/mol. The summed E-state index contributed by atoms with van der Waals surface area (Å²) in [6.45, 7) is 1.78. The van der Waals surface area contributed by atoms with Crippen LogP contribution in [0.4, 0.5) is 5.69 Å². The third-order valence-electron chi connectivity index (χ3n) is 2.21. The van der Waals surface area contributed by atoms with Crippen LogP contribution in [-0.4, -0.2) is 14.2 Å². The first-order valence-corrected chi connectivity index (χ1v) is 6.96. The smallest absolute Gasteiger partial charge is 0.232 e. The minimum Gasteiger partial charge on any atom is -0.326 e. The minimum atomic E-state index is -3.38. The molecule has 0 fully saturated rings. The monoisotopic (exact) mass is 272 g/mol. The van der Waals surface area contributed by atoms with Crippen LogP contribution in [0.1, 0.15) is 18.1 Å². The zero-order valence-corrected chi connectivity index (χ0v) is 10.9. The molecule has 6 heteroatoms. The van der Waals surface area contributed by atoms with E-state index in [2.05, 4.69) is 10.6 Å². The van der Waals surface area contributed by atoms with Crippen LogP contribution in [0.5, 0.6) is 0 Å². The highest BCUT2D eigenvalue weighted by atomic mass is 35.5. The summed E-state index contributed by atoms with van der Waals surface area (Å²) in [5.74, 6) is 2.37. The van der Waals surface area contributed by atoms with Gasteiger partial charge in [0.05, 0.1) is 11.4 Å². The molecule has 1 aromatic rings. The van der Waals surface area contributed by atoms with Crippen LogP contribution in [0.15, 0.2) is 12.1 Å². The molecule has 0 aliphatic carbocycles. The van der Waals surface area contributed by atoms with Gasteiger partial charge in [-0.15, -0.1) is 6.42 Å². The van der Waals surface area contributed by atoms with E-state index in [0.29, 0.717) is 21.8 Å². The van der Waals surface area contributed by atoms with Gasteiger partial charge in [-0.25, -0.2) is 8.42 Å². The molecule has 0 amide bonds. The first-order valence-electron chi connectivity index (χ1n) is 4.93. The molecule has 4 nitrogen and oxygen atoms in total. The standard InChI is InChI=1S/C11H13ClN2O2S/c1-3-8-5-9(7-13)10(12)6-11(8)14-17(15,16)4-2/h1,5-6,14H,4,7,13H2,2H3. The van der Waals surface area contributed by atoms with E-state index in [0.717, 1.165) is 0 Å². The lowest BCUT2D eigenvalue weighted by atomic mass is 10.1. The fourth-order valence-electron chi connectivity index (χ4n) is 1.22. The number of nitrogens with one attached hydrogen (secondary N) is 1. The summed E-state index contributed by atoms with van der Waals surface area (Å²) in [4.78, 5) is 0. The van der Waals surface area contributed by atoms with Crippen molar-refractivity contribution in [3.63, 3.8) is 0 Å². The number of nitrogens with two attached hydrogens (primary N) is 1. The largest absolute Gasteiger partial charge is 0.326 e. The van der Waals surface area contributed by atoms with Gasteiger partial charge < -0.3 is 5.73 Å². The van der Waals surface area contributed by atoms with Crippen molar-refractivity contribution >= 4 is 27.3 Å². The van der Waals surface area contributed by atoms with Gasteiger partial charge in [-0.05, 0) is 24.6 Å². The van der Waals surface area contributed by atoms with Crippen LogP contribution in [0.2, 0.25) is 5.02 Å². The molecular weight excluding hydrogens is 260 g/mol. The van der Waals surface area contributed by atoms with Crippen LogP contribution in [0.25, 0.3) is 0 Å². The highest BCUT2D eigenvalue weighted by Crippen LogP contribution is 2.25. The van der Waals surface area contributed by atoms with Crippen LogP contribution in [0, 0.1) is 12.3 Å². The van der Waals surface area contributed by atoms with Crippen molar-refractivity contribution in [2.24, 2.45) is 5.73 Å². The summed E-state index contributed by atoms with van der Waals surface area (Å²) in [5.41, 5.74) is 6.89. The van der Waals surface area contributed by atoms with Gasteiger partial charge in [-0.2, -0.15) is 0 Å². The Kier molecular flexibility index (Phi) is 4.40. The molecule has 92 valence electrons. The Morgan fingerprint density at radius 1 is 1.53 bits per heavy atom. The summed E-state index contributed by atoms with van der Waals surface area (Å²) in [5, 5.41) is 0.389. The topological polar surface area (TPSA) is 72.2 Å². The Hall–Kier alpha value is -1.22. The van der Waals surface area contributed by atoms with Crippen molar-refractivity contribution < 1.29 is 8.42 Å². The SMILES string of the molecule is C#Cc1cc(CN)c(Cl)cc1NS(=O)(=O)CC. The lowest BCUT2D eigenvalue weighted by molar-refractivity contribution is 0.602. The molecule has 0 aromatic heterocycles. The van der Waals surface area contributed by atoms with Gasteiger partial charge in [0, 0.05) is 17.1 Å². The van der Waals surface area contributed by atoms with E-state index >= 15 is 0 Å². The summed E-state index contributed by atoms with van der Waals surface area (Å²) >= 11 is 5.95. The third kappa shape index (κ3) is 3.37. The van der Waals surface area contributed by atoms with Gasteiger partial charge in [-0.3, -0.25) is 4.72 Å². The first kappa shape index (κ1) is 13.8. The maximum absolute atomic E-state index is 11.5. The van der Waals surface area contributed by atoms with E-state index in [9.17, 15) is 8.42 Å². The Morgan fingerprint density at radius 2 is 2.18 bits per heavy atom. The molecule has 17 heavy (non-hydrogen) atoms. The first-order chi connectivity index (χ1) is 7.93. The molecule has 0 atom stereocenters. The number of halogens is 1. The van der Waals surface area contributed by atoms with Gasteiger partial charge in [0.1, 0.15) is 0 Å². The van der Waals surface area contributed by atoms with Crippen LogP contribution in [-0.2, 0) is 16.6 Å². The molecule has 0 heterocycles. The number of terminal acetylenes is 1. The van der Waals surface area contributed by atoms with E-state index in [1.165, 1.54) is 13.0 Å². The van der Waals surface area contributed by atoms with Gasteiger partial charge in [0.25, 0.3) is 0 Å². The molecule has 0 bridgehead atoms. The van der Waals surface area contributed by atoms with E-state index < -0.39 is 10.0 Å². The van der Waals surface area contributed by atoms with E-state index in [4.69, 9.17) is 23.8 Å². The Bertz CT molecular complexity index is 562. The lowest BCUT2D eigenvalue weighted by Crippen LogP contribution is -2.15. The lowest BCUT2D eigenvalue weighted by Gasteiger charge is -2.11. The van der Waals surface area contributed by atoms with E-state index in [1.807, 2.05) is 0 Å². The van der Waals surface area contributed by atoms with E-state index in [-0.39, 0.29) is 12.3 Å². The summed E-state index contributed by atoms with van der Waals surface area (Å²) in [6, 6.07) is 3.09. The number of anilines is 1. The normalized spacial score (nSPS) is 10.9. The van der Waals surface area contributed by atoms with Crippen molar-refractivity contribution in [3.05, 3.63) is 28.3 Å². The van der Waals surface area contributed by atoms with Gasteiger partial charge in [0.15, 0.2) is 0 Å². The van der Waals surface area contributed by atoms with Gasteiger partial charge >= 0.3 is 0 Å². The third-order valence-corrected chi connectivity index (χ3v) is 3.85. The fourth-order valence-corrected chi connectivity index (χ4v) is 2.11. The highest BCUT2D eigenvalue weighted by Gasteiger charge is 2.12. The van der Waals surface area contributed by atoms with Crippen molar-refractivity contribution in [2.45, 2.75) is 13.5 Å². The Morgan fingerprint density at radius 3 is 2.65 bits per heavy atom. The van der Waals surface area contributed by atoms with Crippen LogP contribution in [0.3, 0.4) is 0 Å². The van der Waals surface area contributed by atoms with E-state index in [1.54, 1.807) is 6.07 Å². The number of benzene rings is 1. The summed E-state index contributed by atoms with van der Waals surface area (Å²) in [7, 11) is -3.38. The Labute approximate surface area is 106 Å². The number of hydrogen-bond acceptors (Lipinski definition) is 3. The fraction of sp³-hybridized carbons (Fsp3) is 0.273. The maximum atomic E-state index is 11.5. The zero-order chi connectivity index (χ0) is 13.1. The summed E-state index contributed by atoms with van der Waals surface area (Å²) in [6.07, 6.45) is 5.32. The molecule has 0 spiro atoms. The van der Waals surface area contributed by atoms with Crippen molar-refractivity contribution in [1.82, 2.24) is 0 Å². The Balaban J connectivity index is 3.26. The number of rotatable bonds is 4. The predicted octanol–water partition coefficient (Wildman–Crippen LogP) is 1.54. The molecule has 0 aliphatic rings. The molecule has 0 unspecified atom stereocenters. The molecule has 1 rings (SSSR count). The second kappa shape index (κ2) is 5.41. The molecular formula is C11H13ClN2O2S.